The Balaban J connectivity index is 1.67. The van der Waals surface area contributed by atoms with Gasteiger partial charge in [-0.15, -0.1) is 0 Å². The topological polar surface area (TPSA) is 54.0 Å². The van der Waals surface area contributed by atoms with Crippen molar-refractivity contribution in [2.24, 2.45) is 0 Å². The predicted molar refractivity (Wildman–Crippen MR) is 135 cm³/mol. The van der Waals surface area contributed by atoms with Gasteiger partial charge in [-0.25, -0.2) is 0 Å². The standard InChI is InChI=1S/C29H31F3O5/c1-19-17-23(12-9-21(19)10-14-28(33)35-4)36-16-15-20(2)37-27-13-11-22(29(30,31)32)18-25(27)24-7-5-6-8-26(24)34-3/h5-9,11-13,17-18,20H,10,14-16H2,1-4H3. The highest BCUT2D eigenvalue weighted by molar-refractivity contribution is 5.76. The first-order chi connectivity index (χ1) is 17.6. The van der Waals surface area contributed by atoms with E-state index in [4.69, 9.17) is 14.2 Å². The number of carbonyl (C=O) groups is 1. The van der Waals surface area contributed by atoms with Crippen LogP contribution in [0.5, 0.6) is 17.2 Å². The van der Waals surface area contributed by atoms with Gasteiger partial charge in [-0.1, -0.05) is 24.3 Å². The van der Waals surface area contributed by atoms with Gasteiger partial charge in [-0.2, -0.15) is 13.2 Å². The van der Waals surface area contributed by atoms with E-state index >= 15 is 0 Å². The normalized spacial score (nSPS) is 12.1. The summed E-state index contributed by atoms with van der Waals surface area (Å²) in [7, 11) is 2.84. The van der Waals surface area contributed by atoms with Crippen LogP contribution >= 0.6 is 0 Å². The Morgan fingerprint density at radius 1 is 0.946 bits per heavy atom. The van der Waals surface area contributed by atoms with Crippen molar-refractivity contribution in [2.75, 3.05) is 20.8 Å². The quantitative estimate of drug-likeness (QED) is 0.256. The Morgan fingerprint density at radius 3 is 2.38 bits per heavy atom. The first-order valence-corrected chi connectivity index (χ1v) is 11.9. The molecule has 0 aromatic heterocycles. The molecule has 37 heavy (non-hydrogen) atoms. The minimum Gasteiger partial charge on any atom is -0.496 e. The van der Waals surface area contributed by atoms with Crippen molar-refractivity contribution in [3.63, 3.8) is 0 Å². The van der Waals surface area contributed by atoms with E-state index in [1.807, 2.05) is 32.0 Å². The van der Waals surface area contributed by atoms with E-state index in [1.165, 1.54) is 20.3 Å². The van der Waals surface area contributed by atoms with E-state index in [9.17, 15) is 18.0 Å². The second-order valence-corrected chi connectivity index (χ2v) is 8.64. The molecule has 0 aliphatic rings. The van der Waals surface area contributed by atoms with Gasteiger partial charge in [0.05, 0.1) is 32.5 Å². The molecule has 0 heterocycles. The molecule has 8 heteroatoms. The second kappa shape index (κ2) is 12.5. The maximum Gasteiger partial charge on any atom is 0.416 e. The molecule has 0 fully saturated rings. The molecule has 0 saturated heterocycles. The van der Waals surface area contributed by atoms with Crippen LogP contribution in [-0.2, 0) is 22.1 Å². The van der Waals surface area contributed by atoms with Gasteiger partial charge in [0.2, 0.25) is 0 Å². The maximum atomic E-state index is 13.4. The van der Waals surface area contributed by atoms with Crippen LogP contribution in [0.1, 0.15) is 36.5 Å². The third-order valence-corrected chi connectivity index (χ3v) is 5.97. The fourth-order valence-electron chi connectivity index (χ4n) is 3.88. The Hall–Kier alpha value is -3.68. The van der Waals surface area contributed by atoms with E-state index < -0.39 is 11.7 Å². The van der Waals surface area contributed by atoms with E-state index in [0.717, 1.165) is 23.3 Å². The SMILES string of the molecule is COC(=O)CCc1ccc(OCCC(C)Oc2ccc(C(F)(F)F)cc2-c2ccccc2OC)cc1C. The highest BCUT2D eigenvalue weighted by Crippen LogP contribution is 2.41. The number of esters is 1. The molecule has 3 aromatic rings. The molecule has 0 aliphatic heterocycles. The van der Waals surface area contributed by atoms with Crippen molar-refractivity contribution >= 4 is 5.97 Å². The molecule has 0 bridgehead atoms. The molecule has 0 aliphatic carbocycles. The van der Waals surface area contributed by atoms with Crippen LogP contribution in [0.25, 0.3) is 11.1 Å². The highest BCUT2D eigenvalue weighted by atomic mass is 19.4. The monoisotopic (exact) mass is 516 g/mol. The zero-order valence-corrected chi connectivity index (χ0v) is 21.4. The molecule has 1 atom stereocenters. The third-order valence-electron chi connectivity index (χ3n) is 5.97. The van der Waals surface area contributed by atoms with Crippen molar-refractivity contribution in [1.82, 2.24) is 0 Å². The number of aryl methyl sites for hydroxylation is 2. The Morgan fingerprint density at radius 2 is 1.70 bits per heavy atom. The molecule has 1 unspecified atom stereocenters. The summed E-state index contributed by atoms with van der Waals surface area (Å²) in [6, 6.07) is 16.0. The molecular weight excluding hydrogens is 485 g/mol. The maximum absolute atomic E-state index is 13.4. The summed E-state index contributed by atoms with van der Waals surface area (Å²) in [4.78, 5) is 11.4. The summed E-state index contributed by atoms with van der Waals surface area (Å²) >= 11 is 0. The highest BCUT2D eigenvalue weighted by Gasteiger charge is 2.31. The first kappa shape index (κ1) is 27.9. The van der Waals surface area contributed by atoms with Gasteiger partial charge >= 0.3 is 12.1 Å². The number of ether oxygens (including phenoxy) is 4. The average Bonchev–Trinajstić information content (AvgIpc) is 2.87. The molecule has 3 aromatic carbocycles. The van der Waals surface area contributed by atoms with Gasteiger partial charge in [-0.3, -0.25) is 4.79 Å². The largest absolute Gasteiger partial charge is 0.496 e. The molecule has 0 spiro atoms. The van der Waals surface area contributed by atoms with E-state index in [1.54, 1.807) is 24.3 Å². The molecule has 3 rings (SSSR count). The zero-order valence-electron chi connectivity index (χ0n) is 21.4. The smallest absolute Gasteiger partial charge is 0.416 e. The Bertz CT molecular complexity index is 1210. The van der Waals surface area contributed by atoms with Crippen molar-refractivity contribution in [2.45, 2.75) is 45.4 Å². The lowest BCUT2D eigenvalue weighted by atomic mass is 10.0. The summed E-state index contributed by atoms with van der Waals surface area (Å²) in [5.74, 6) is 1.22. The van der Waals surface area contributed by atoms with E-state index in [2.05, 4.69) is 4.74 Å². The number of para-hydroxylation sites is 1. The van der Waals surface area contributed by atoms with Crippen LogP contribution in [0.15, 0.2) is 60.7 Å². The number of benzene rings is 3. The van der Waals surface area contributed by atoms with E-state index in [0.29, 0.717) is 54.2 Å². The first-order valence-electron chi connectivity index (χ1n) is 11.9. The third kappa shape index (κ3) is 7.65. The molecule has 0 amide bonds. The Labute approximate surface area is 215 Å². The number of carbonyl (C=O) groups excluding carboxylic acids is 1. The molecule has 0 saturated carbocycles. The van der Waals surface area contributed by atoms with Crippen LogP contribution < -0.4 is 14.2 Å². The number of rotatable bonds is 11. The summed E-state index contributed by atoms with van der Waals surface area (Å²) in [5, 5.41) is 0. The number of methoxy groups -OCH3 is 2. The number of hydrogen-bond acceptors (Lipinski definition) is 5. The molecular formula is C29H31F3O5. The molecule has 198 valence electrons. The van der Waals surface area contributed by atoms with Gasteiger partial charge in [0.25, 0.3) is 0 Å². The Kier molecular flexibility index (Phi) is 9.44. The van der Waals surface area contributed by atoms with Crippen LogP contribution in [0.2, 0.25) is 0 Å². The summed E-state index contributed by atoms with van der Waals surface area (Å²) in [6.45, 7) is 4.15. The summed E-state index contributed by atoms with van der Waals surface area (Å²) < 4.78 is 62.3. The molecule has 5 nitrogen and oxygen atoms in total. The lowest BCUT2D eigenvalue weighted by molar-refractivity contribution is -0.140. The average molecular weight is 517 g/mol. The minimum atomic E-state index is -4.48. The van der Waals surface area contributed by atoms with Crippen molar-refractivity contribution in [3.8, 4) is 28.4 Å². The van der Waals surface area contributed by atoms with Gasteiger partial charge in [0, 0.05) is 24.0 Å². The fraction of sp³-hybridized carbons (Fsp3) is 0.345. The van der Waals surface area contributed by atoms with Crippen molar-refractivity contribution in [1.29, 1.82) is 0 Å². The van der Waals surface area contributed by atoms with Crippen LogP contribution in [0.3, 0.4) is 0 Å². The minimum absolute atomic E-state index is 0.254. The fourth-order valence-corrected chi connectivity index (χ4v) is 3.88. The second-order valence-electron chi connectivity index (χ2n) is 8.64. The lowest BCUT2D eigenvalue weighted by Gasteiger charge is -2.20. The molecule has 0 radical (unpaired) electrons. The molecule has 0 N–H and O–H groups in total. The number of alkyl halides is 3. The van der Waals surface area contributed by atoms with Crippen LogP contribution in [0.4, 0.5) is 13.2 Å². The summed E-state index contributed by atoms with van der Waals surface area (Å²) in [6.07, 6.45) is -3.40. The summed E-state index contributed by atoms with van der Waals surface area (Å²) in [5.41, 5.74) is 2.11. The van der Waals surface area contributed by atoms with Crippen LogP contribution in [-0.4, -0.2) is 32.9 Å². The van der Waals surface area contributed by atoms with Crippen LogP contribution in [0, 0.1) is 6.92 Å². The number of halogens is 3. The van der Waals surface area contributed by atoms with Crippen molar-refractivity contribution in [3.05, 3.63) is 77.4 Å². The van der Waals surface area contributed by atoms with Crippen molar-refractivity contribution < 1.29 is 36.9 Å². The van der Waals surface area contributed by atoms with Gasteiger partial charge in [-0.05, 0) is 67.8 Å². The predicted octanol–water partition coefficient (Wildman–Crippen LogP) is 7.03. The van der Waals surface area contributed by atoms with E-state index in [-0.39, 0.29) is 12.1 Å². The van der Waals surface area contributed by atoms with Gasteiger partial charge < -0.3 is 18.9 Å². The number of hydrogen-bond donors (Lipinski definition) is 0. The van der Waals surface area contributed by atoms with Gasteiger partial charge in [0.15, 0.2) is 0 Å². The zero-order chi connectivity index (χ0) is 27.0. The van der Waals surface area contributed by atoms with Gasteiger partial charge in [0.1, 0.15) is 17.2 Å². The lowest BCUT2D eigenvalue weighted by Crippen LogP contribution is -2.16.